The summed E-state index contributed by atoms with van der Waals surface area (Å²) in [4.78, 5) is 22.5. The molecule has 23 heavy (non-hydrogen) atoms. The Labute approximate surface area is 136 Å². The van der Waals surface area contributed by atoms with Crippen molar-refractivity contribution in [2.24, 2.45) is 11.7 Å². The number of carbonyl (C=O) groups excluding carboxylic acids is 1. The second kappa shape index (κ2) is 7.22. The van der Waals surface area contributed by atoms with E-state index in [4.69, 9.17) is 10.7 Å². The number of nitrogens with two attached hydrogens (primary N) is 1. The molecule has 0 aliphatic carbocycles. The summed E-state index contributed by atoms with van der Waals surface area (Å²) in [5, 5.41) is 0. The zero-order chi connectivity index (χ0) is 16.1. The SMILES string of the molecule is NC(=O)C[C@H]1CCCN(c2ccnc(Cc3ccccc3)n2)C1. The fourth-order valence-corrected chi connectivity index (χ4v) is 3.15. The highest BCUT2D eigenvalue weighted by Crippen LogP contribution is 2.23. The number of rotatable bonds is 5. The van der Waals surface area contributed by atoms with Crippen molar-refractivity contribution in [2.45, 2.75) is 25.7 Å². The van der Waals surface area contributed by atoms with Gasteiger partial charge in [0.2, 0.25) is 5.91 Å². The third-order valence-corrected chi connectivity index (χ3v) is 4.23. The molecule has 1 aliphatic rings. The molecule has 5 nitrogen and oxygen atoms in total. The Bertz CT molecular complexity index is 659. The molecular formula is C18H22N4O. The van der Waals surface area contributed by atoms with Crippen molar-refractivity contribution in [1.82, 2.24) is 9.97 Å². The number of piperidine rings is 1. The van der Waals surface area contributed by atoms with Crippen LogP contribution in [0.15, 0.2) is 42.6 Å². The summed E-state index contributed by atoms with van der Waals surface area (Å²) in [7, 11) is 0. The van der Waals surface area contributed by atoms with Gasteiger partial charge in [-0.15, -0.1) is 0 Å². The van der Waals surface area contributed by atoms with Gasteiger partial charge in [-0.2, -0.15) is 0 Å². The monoisotopic (exact) mass is 310 g/mol. The average molecular weight is 310 g/mol. The van der Waals surface area contributed by atoms with Crippen molar-refractivity contribution < 1.29 is 4.79 Å². The van der Waals surface area contributed by atoms with Crippen molar-refractivity contribution in [2.75, 3.05) is 18.0 Å². The Balaban J connectivity index is 1.70. The van der Waals surface area contributed by atoms with Crippen LogP contribution in [-0.2, 0) is 11.2 Å². The lowest BCUT2D eigenvalue weighted by atomic mass is 9.94. The molecule has 3 rings (SSSR count). The van der Waals surface area contributed by atoms with Gasteiger partial charge in [0.05, 0.1) is 0 Å². The lowest BCUT2D eigenvalue weighted by molar-refractivity contribution is -0.118. The zero-order valence-electron chi connectivity index (χ0n) is 13.2. The van der Waals surface area contributed by atoms with Gasteiger partial charge in [-0.3, -0.25) is 4.79 Å². The average Bonchev–Trinajstić information content (AvgIpc) is 2.56. The van der Waals surface area contributed by atoms with Crippen molar-refractivity contribution >= 4 is 11.7 Å². The molecule has 1 fully saturated rings. The van der Waals surface area contributed by atoms with E-state index in [9.17, 15) is 4.79 Å². The normalized spacial score (nSPS) is 17.9. The van der Waals surface area contributed by atoms with Crippen LogP contribution in [0.25, 0.3) is 0 Å². The van der Waals surface area contributed by atoms with Gasteiger partial charge in [-0.1, -0.05) is 30.3 Å². The highest BCUT2D eigenvalue weighted by molar-refractivity contribution is 5.74. The molecule has 0 spiro atoms. The summed E-state index contributed by atoms with van der Waals surface area (Å²) >= 11 is 0. The third kappa shape index (κ3) is 4.28. The standard InChI is InChI=1S/C18H22N4O/c19-16(23)11-15-7-4-10-22(13-15)18-8-9-20-17(21-18)12-14-5-2-1-3-6-14/h1-3,5-6,8-9,15H,4,7,10-13H2,(H2,19,23)/t15-/m1/s1. The van der Waals surface area contributed by atoms with Crippen LogP contribution in [0.5, 0.6) is 0 Å². The second-order valence-corrected chi connectivity index (χ2v) is 6.12. The van der Waals surface area contributed by atoms with E-state index in [0.29, 0.717) is 12.3 Å². The number of benzene rings is 1. The van der Waals surface area contributed by atoms with Crippen molar-refractivity contribution in [3.8, 4) is 0 Å². The Morgan fingerprint density at radius 2 is 2.09 bits per heavy atom. The molecule has 0 bridgehead atoms. The van der Waals surface area contributed by atoms with Crippen LogP contribution < -0.4 is 10.6 Å². The van der Waals surface area contributed by atoms with Gasteiger partial charge < -0.3 is 10.6 Å². The number of nitrogens with zero attached hydrogens (tertiary/aromatic N) is 3. The first kappa shape index (κ1) is 15.5. The lowest BCUT2D eigenvalue weighted by Gasteiger charge is -2.33. The number of anilines is 1. The van der Waals surface area contributed by atoms with E-state index in [2.05, 4.69) is 22.0 Å². The minimum Gasteiger partial charge on any atom is -0.370 e. The van der Waals surface area contributed by atoms with Crippen LogP contribution in [0.2, 0.25) is 0 Å². The summed E-state index contributed by atoms with van der Waals surface area (Å²) < 4.78 is 0. The maximum absolute atomic E-state index is 11.1. The summed E-state index contributed by atoms with van der Waals surface area (Å²) in [6.45, 7) is 1.81. The Morgan fingerprint density at radius 1 is 1.26 bits per heavy atom. The van der Waals surface area contributed by atoms with Crippen LogP contribution in [0.1, 0.15) is 30.7 Å². The van der Waals surface area contributed by atoms with Crippen LogP contribution in [0, 0.1) is 5.92 Å². The first-order valence-corrected chi connectivity index (χ1v) is 8.10. The highest BCUT2D eigenvalue weighted by Gasteiger charge is 2.22. The van der Waals surface area contributed by atoms with Crippen LogP contribution in [-0.4, -0.2) is 29.0 Å². The third-order valence-electron chi connectivity index (χ3n) is 4.23. The number of hydrogen-bond acceptors (Lipinski definition) is 4. The summed E-state index contributed by atoms with van der Waals surface area (Å²) in [6.07, 6.45) is 5.13. The first-order valence-electron chi connectivity index (χ1n) is 8.10. The van der Waals surface area contributed by atoms with Crippen molar-refractivity contribution in [1.29, 1.82) is 0 Å². The van der Waals surface area contributed by atoms with Gasteiger partial charge in [0.1, 0.15) is 11.6 Å². The van der Waals surface area contributed by atoms with Gasteiger partial charge in [-0.05, 0) is 30.4 Å². The number of carbonyl (C=O) groups is 1. The number of aromatic nitrogens is 2. The molecule has 1 atom stereocenters. The predicted molar refractivity (Wildman–Crippen MR) is 90.0 cm³/mol. The maximum atomic E-state index is 11.1. The van der Waals surface area contributed by atoms with E-state index >= 15 is 0 Å². The predicted octanol–water partition coefficient (Wildman–Crippen LogP) is 2.16. The topological polar surface area (TPSA) is 72.1 Å². The molecular weight excluding hydrogens is 288 g/mol. The smallest absolute Gasteiger partial charge is 0.217 e. The lowest BCUT2D eigenvalue weighted by Crippen LogP contribution is -2.37. The van der Waals surface area contributed by atoms with Crippen molar-refractivity contribution in [3.05, 3.63) is 54.0 Å². The molecule has 120 valence electrons. The van der Waals surface area contributed by atoms with Gasteiger partial charge >= 0.3 is 0 Å². The molecule has 1 saturated heterocycles. The molecule has 1 aliphatic heterocycles. The van der Waals surface area contributed by atoms with Gasteiger partial charge in [0, 0.05) is 32.1 Å². The van der Waals surface area contributed by atoms with Crippen LogP contribution in [0.4, 0.5) is 5.82 Å². The van der Waals surface area contributed by atoms with Crippen molar-refractivity contribution in [3.63, 3.8) is 0 Å². The van der Waals surface area contributed by atoms with Crippen LogP contribution >= 0.6 is 0 Å². The minimum atomic E-state index is -0.218. The van der Waals surface area contributed by atoms with E-state index in [1.807, 2.05) is 30.5 Å². The van der Waals surface area contributed by atoms with E-state index < -0.39 is 0 Å². The Morgan fingerprint density at radius 3 is 2.87 bits per heavy atom. The fourth-order valence-electron chi connectivity index (χ4n) is 3.15. The fraction of sp³-hybridized carbons (Fsp3) is 0.389. The molecule has 2 aromatic rings. The number of amides is 1. The largest absolute Gasteiger partial charge is 0.370 e. The first-order chi connectivity index (χ1) is 11.2. The molecule has 0 radical (unpaired) electrons. The van der Waals surface area contributed by atoms with E-state index in [0.717, 1.165) is 44.0 Å². The van der Waals surface area contributed by atoms with Gasteiger partial charge in [0.25, 0.3) is 0 Å². The molecule has 1 aromatic heterocycles. The van der Waals surface area contributed by atoms with E-state index in [1.54, 1.807) is 0 Å². The molecule has 1 amide bonds. The van der Waals surface area contributed by atoms with E-state index in [-0.39, 0.29) is 5.91 Å². The zero-order valence-corrected chi connectivity index (χ0v) is 13.2. The molecule has 2 heterocycles. The van der Waals surface area contributed by atoms with Gasteiger partial charge in [-0.25, -0.2) is 9.97 Å². The maximum Gasteiger partial charge on any atom is 0.217 e. The van der Waals surface area contributed by atoms with Crippen LogP contribution in [0.3, 0.4) is 0 Å². The molecule has 0 unspecified atom stereocenters. The second-order valence-electron chi connectivity index (χ2n) is 6.12. The summed E-state index contributed by atoms with van der Waals surface area (Å²) in [5.41, 5.74) is 6.54. The summed E-state index contributed by atoms with van der Waals surface area (Å²) in [6, 6.07) is 12.2. The minimum absolute atomic E-state index is 0.218. The number of hydrogen-bond donors (Lipinski definition) is 1. The molecule has 2 N–H and O–H groups in total. The van der Waals surface area contributed by atoms with Gasteiger partial charge in [0.15, 0.2) is 0 Å². The quantitative estimate of drug-likeness (QED) is 0.918. The molecule has 0 saturated carbocycles. The Kier molecular flexibility index (Phi) is 4.86. The Hall–Kier alpha value is -2.43. The summed E-state index contributed by atoms with van der Waals surface area (Å²) in [5.74, 6) is 1.88. The highest BCUT2D eigenvalue weighted by atomic mass is 16.1. The molecule has 5 heteroatoms. The number of primary amides is 1. The molecule has 1 aromatic carbocycles. The van der Waals surface area contributed by atoms with E-state index in [1.165, 1.54) is 5.56 Å².